The summed E-state index contributed by atoms with van der Waals surface area (Å²) < 4.78 is 4.93. The number of carbonyl (C=O) groups excluding carboxylic acids is 1. The first-order valence-corrected chi connectivity index (χ1v) is 4.62. The minimum Gasteiger partial charge on any atom is -0.481 e. The van der Waals surface area contributed by atoms with Gasteiger partial charge >= 0.3 is 11.9 Å². The largest absolute Gasteiger partial charge is 0.481 e. The van der Waals surface area contributed by atoms with Crippen LogP contribution >= 0.6 is 0 Å². The number of carbonyl (C=O) groups is 2. The van der Waals surface area contributed by atoms with Crippen LogP contribution in [-0.2, 0) is 14.3 Å². The summed E-state index contributed by atoms with van der Waals surface area (Å²) in [6, 6.07) is 0. The maximum atomic E-state index is 11.4. The summed E-state index contributed by atoms with van der Waals surface area (Å²) in [5.74, 6) is -2.42. The van der Waals surface area contributed by atoms with Crippen molar-refractivity contribution in [2.75, 3.05) is 6.61 Å². The topological polar surface area (TPSA) is 63.6 Å². The molecule has 0 aromatic carbocycles. The number of carboxylic acids is 1. The smallest absolute Gasteiger partial charge is 0.310 e. The molecule has 0 radical (unpaired) electrons. The van der Waals surface area contributed by atoms with Gasteiger partial charge < -0.3 is 9.84 Å². The first-order chi connectivity index (χ1) is 6.54. The van der Waals surface area contributed by atoms with E-state index in [-0.39, 0.29) is 5.97 Å². The number of hydrogen-bond acceptors (Lipinski definition) is 3. The van der Waals surface area contributed by atoms with E-state index in [0.717, 1.165) is 0 Å². The molecule has 1 heterocycles. The Balaban J connectivity index is 2.38. The molecule has 1 N–H and O–H groups in total. The monoisotopic (exact) mass is 196 g/mol. The average molecular weight is 196 g/mol. The van der Waals surface area contributed by atoms with Crippen LogP contribution in [0.5, 0.6) is 0 Å². The molecule has 4 heteroatoms. The molecule has 2 aliphatic rings. The number of hydrogen-bond donors (Lipinski definition) is 1. The Bertz CT molecular complexity index is 320. The van der Waals surface area contributed by atoms with E-state index in [0.29, 0.717) is 13.0 Å². The summed E-state index contributed by atoms with van der Waals surface area (Å²) in [5.41, 5.74) is -0.418. The summed E-state index contributed by atoms with van der Waals surface area (Å²) in [4.78, 5) is 22.4. The lowest BCUT2D eigenvalue weighted by Gasteiger charge is -2.31. The van der Waals surface area contributed by atoms with Crippen molar-refractivity contribution in [1.29, 1.82) is 0 Å². The highest BCUT2D eigenvalue weighted by Gasteiger charge is 2.52. The Morgan fingerprint density at radius 3 is 3.07 bits per heavy atom. The zero-order chi connectivity index (χ0) is 10.3. The normalized spacial score (nSPS) is 40.5. The van der Waals surface area contributed by atoms with Crippen LogP contribution in [0, 0.1) is 17.3 Å². The second kappa shape index (κ2) is 2.83. The van der Waals surface area contributed by atoms with E-state index in [1.165, 1.54) is 0 Å². The van der Waals surface area contributed by atoms with Crippen molar-refractivity contribution in [2.45, 2.75) is 13.3 Å². The molecule has 0 aromatic heterocycles. The third-order valence-electron chi connectivity index (χ3n) is 3.10. The number of cyclic esters (lactones) is 1. The van der Waals surface area contributed by atoms with Gasteiger partial charge in [-0.05, 0) is 6.42 Å². The van der Waals surface area contributed by atoms with Crippen molar-refractivity contribution >= 4 is 11.9 Å². The van der Waals surface area contributed by atoms with E-state index in [1.807, 2.05) is 19.1 Å². The number of fused-ring (bicyclic) bond motifs is 1. The first kappa shape index (κ1) is 9.24. The van der Waals surface area contributed by atoms with Gasteiger partial charge in [-0.2, -0.15) is 0 Å². The van der Waals surface area contributed by atoms with Gasteiger partial charge in [-0.25, -0.2) is 0 Å². The summed E-state index contributed by atoms with van der Waals surface area (Å²) in [5, 5.41) is 8.98. The van der Waals surface area contributed by atoms with Crippen LogP contribution in [0.25, 0.3) is 0 Å². The van der Waals surface area contributed by atoms with Crippen molar-refractivity contribution in [3.63, 3.8) is 0 Å². The Labute approximate surface area is 81.6 Å². The van der Waals surface area contributed by atoms with Crippen LogP contribution in [0.4, 0.5) is 0 Å². The lowest BCUT2D eigenvalue weighted by molar-refractivity contribution is -0.152. The van der Waals surface area contributed by atoms with Gasteiger partial charge in [0, 0.05) is 5.41 Å². The van der Waals surface area contributed by atoms with Crippen molar-refractivity contribution in [3.8, 4) is 0 Å². The first-order valence-electron chi connectivity index (χ1n) is 4.62. The van der Waals surface area contributed by atoms with Crippen molar-refractivity contribution < 1.29 is 19.4 Å². The van der Waals surface area contributed by atoms with E-state index in [4.69, 9.17) is 9.84 Å². The van der Waals surface area contributed by atoms with E-state index in [2.05, 4.69) is 0 Å². The molecular formula is C10H12O4. The van der Waals surface area contributed by atoms with Gasteiger partial charge in [0.25, 0.3) is 0 Å². The molecule has 1 saturated heterocycles. The van der Waals surface area contributed by atoms with E-state index >= 15 is 0 Å². The molecule has 1 aliphatic carbocycles. The molecular weight excluding hydrogens is 184 g/mol. The minimum absolute atomic E-state index is 0.302. The SMILES string of the molecule is C[C@]12C=CC[C@H](C(=O)O)[C@H]1C(=O)OC2. The van der Waals surface area contributed by atoms with E-state index in [1.54, 1.807) is 0 Å². The average Bonchev–Trinajstić information content (AvgIpc) is 2.42. The number of allylic oxidation sites excluding steroid dienone is 1. The number of ether oxygens (including phenoxy) is 1. The fraction of sp³-hybridized carbons (Fsp3) is 0.600. The Morgan fingerprint density at radius 1 is 1.71 bits per heavy atom. The third kappa shape index (κ3) is 1.14. The summed E-state index contributed by atoms with van der Waals surface area (Å²) in [6.07, 6.45) is 4.16. The molecule has 0 saturated carbocycles. The second-order valence-corrected chi connectivity index (χ2v) is 4.17. The van der Waals surface area contributed by atoms with Gasteiger partial charge in [0.2, 0.25) is 0 Å². The Morgan fingerprint density at radius 2 is 2.43 bits per heavy atom. The molecule has 76 valence electrons. The molecule has 3 atom stereocenters. The quantitative estimate of drug-likeness (QED) is 0.498. The number of rotatable bonds is 1. The maximum Gasteiger partial charge on any atom is 0.310 e. The molecule has 0 spiro atoms. The molecule has 2 rings (SSSR count). The lowest BCUT2D eigenvalue weighted by Crippen LogP contribution is -2.38. The molecule has 1 fully saturated rings. The second-order valence-electron chi connectivity index (χ2n) is 4.17. The predicted molar refractivity (Wildman–Crippen MR) is 47.4 cm³/mol. The molecule has 0 amide bonds. The molecule has 14 heavy (non-hydrogen) atoms. The van der Waals surface area contributed by atoms with Crippen LogP contribution in [-0.4, -0.2) is 23.7 Å². The minimum atomic E-state index is -0.913. The molecule has 1 aliphatic heterocycles. The van der Waals surface area contributed by atoms with Gasteiger partial charge in [-0.15, -0.1) is 0 Å². The van der Waals surface area contributed by atoms with Gasteiger partial charge in [0.15, 0.2) is 0 Å². The molecule has 4 nitrogen and oxygen atoms in total. The maximum absolute atomic E-state index is 11.4. The number of carboxylic acid groups (broad SMARTS) is 1. The molecule has 0 aromatic rings. The summed E-state index contributed by atoms with van der Waals surface area (Å²) in [6.45, 7) is 2.17. The Kier molecular flexibility index (Phi) is 1.87. The van der Waals surface area contributed by atoms with Crippen molar-refractivity contribution in [2.24, 2.45) is 17.3 Å². The molecule has 0 bridgehead atoms. The van der Waals surface area contributed by atoms with Crippen LogP contribution in [0.2, 0.25) is 0 Å². The third-order valence-corrected chi connectivity index (χ3v) is 3.10. The highest BCUT2D eigenvalue weighted by Crippen LogP contribution is 2.45. The van der Waals surface area contributed by atoms with E-state index in [9.17, 15) is 9.59 Å². The zero-order valence-electron chi connectivity index (χ0n) is 7.90. The van der Waals surface area contributed by atoms with Crippen LogP contribution in [0.1, 0.15) is 13.3 Å². The highest BCUT2D eigenvalue weighted by atomic mass is 16.5. The molecule has 0 unspecified atom stereocenters. The standard InChI is InChI=1S/C10H12O4/c1-10-4-2-3-6(8(11)12)7(10)9(13)14-5-10/h2,4,6-7H,3,5H2,1H3,(H,11,12)/t6-,7-,10+/m0/s1. The van der Waals surface area contributed by atoms with Crippen molar-refractivity contribution in [1.82, 2.24) is 0 Å². The van der Waals surface area contributed by atoms with Crippen LogP contribution in [0.3, 0.4) is 0 Å². The van der Waals surface area contributed by atoms with Gasteiger partial charge in [-0.3, -0.25) is 9.59 Å². The van der Waals surface area contributed by atoms with Gasteiger partial charge in [0.05, 0.1) is 11.8 Å². The van der Waals surface area contributed by atoms with E-state index < -0.39 is 23.2 Å². The fourth-order valence-corrected chi connectivity index (χ4v) is 2.31. The van der Waals surface area contributed by atoms with Gasteiger partial charge in [-0.1, -0.05) is 19.1 Å². The van der Waals surface area contributed by atoms with Crippen molar-refractivity contribution in [3.05, 3.63) is 12.2 Å². The lowest BCUT2D eigenvalue weighted by atomic mass is 9.68. The van der Waals surface area contributed by atoms with Gasteiger partial charge in [0.1, 0.15) is 6.61 Å². The Hall–Kier alpha value is -1.32. The summed E-state index contributed by atoms with van der Waals surface area (Å²) in [7, 11) is 0. The van der Waals surface area contributed by atoms with Crippen LogP contribution < -0.4 is 0 Å². The zero-order valence-corrected chi connectivity index (χ0v) is 7.90. The summed E-state index contributed by atoms with van der Waals surface area (Å²) >= 11 is 0. The highest BCUT2D eigenvalue weighted by molar-refractivity contribution is 5.84. The number of aliphatic carboxylic acids is 1. The predicted octanol–water partition coefficient (Wildman–Crippen LogP) is 0.826. The fourth-order valence-electron chi connectivity index (χ4n) is 2.31. The van der Waals surface area contributed by atoms with Crippen LogP contribution in [0.15, 0.2) is 12.2 Å². The number of esters is 1.